The van der Waals surface area contributed by atoms with Crippen LogP contribution < -0.4 is 0 Å². The van der Waals surface area contributed by atoms with E-state index in [0.29, 0.717) is 0 Å². The number of aliphatic hydroxyl groups is 1. The van der Waals surface area contributed by atoms with Crippen LogP contribution in [-0.4, -0.2) is 34.5 Å². The van der Waals surface area contributed by atoms with E-state index in [1.165, 1.54) is 4.90 Å². The highest BCUT2D eigenvalue weighted by Crippen LogP contribution is 2.35. The molecule has 2 fully saturated rings. The minimum Gasteiger partial charge on any atom is -0.396 e. The Bertz CT molecular complexity index is 309. The molecule has 0 aromatic rings. The van der Waals surface area contributed by atoms with Gasteiger partial charge in [-0.05, 0) is 12.8 Å². The lowest BCUT2D eigenvalue weighted by molar-refractivity contribution is -0.145. The standard InChI is InChI=1S/C13H21NO3/c1-8-9(2)13(17)14(12(8)16)11-6-4-3-5-10(11)7-15/h8-11,15H,3-7H2,1-2H3. The summed E-state index contributed by atoms with van der Waals surface area (Å²) in [5.41, 5.74) is 0. The van der Waals surface area contributed by atoms with Gasteiger partial charge in [-0.2, -0.15) is 0 Å². The number of rotatable bonds is 2. The number of hydrogen-bond donors (Lipinski definition) is 1. The maximum absolute atomic E-state index is 12.1. The summed E-state index contributed by atoms with van der Waals surface area (Å²) in [6.45, 7) is 3.72. The number of likely N-dealkylation sites (tertiary alicyclic amines) is 1. The fourth-order valence-corrected chi connectivity index (χ4v) is 3.04. The quantitative estimate of drug-likeness (QED) is 0.736. The number of carbonyl (C=O) groups is 2. The number of carbonyl (C=O) groups excluding carboxylic acids is 2. The Kier molecular flexibility index (Phi) is 3.52. The van der Waals surface area contributed by atoms with Gasteiger partial charge in [0.1, 0.15) is 0 Å². The minimum absolute atomic E-state index is 0.0483. The number of nitrogens with zero attached hydrogens (tertiary/aromatic N) is 1. The van der Waals surface area contributed by atoms with Crippen molar-refractivity contribution in [1.82, 2.24) is 4.90 Å². The Labute approximate surface area is 102 Å². The van der Waals surface area contributed by atoms with Crippen LogP contribution in [0.4, 0.5) is 0 Å². The first-order valence-electron chi connectivity index (χ1n) is 6.55. The summed E-state index contributed by atoms with van der Waals surface area (Å²) in [6, 6.07) is -0.0684. The van der Waals surface area contributed by atoms with Gasteiger partial charge in [0.2, 0.25) is 11.8 Å². The second-order valence-electron chi connectivity index (χ2n) is 5.42. The van der Waals surface area contributed by atoms with Crippen LogP contribution in [0, 0.1) is 17.8 Å². The lowest BCUT2D eigenvalue weighted by atomic mass is 9.84. The smallest absolute Gasteiger partial charge is 0.233 e. The molecule has 17 heavy (non-hydrogen) atoms. The number of amides is 2. The first-order chi connectivity index (χ1) is 8.07. The normalized spacial score (nSPS) is 38.9. The lowest BCUT2D eigenvalue weighted by Gasteiger charge is -2.36. The van der Waals surface area contributed by atoms with Crippen molar-refractivity contribution >= 4 is 11.8 Å². The van der Waals surface area contributed by atoms with Crippen LogP contribution in [0.5, 0.6) is 0 Å². The molecule has 4 heteroatoms. The predicted octanol–water partition coefficient (Wildman–Crippen LogP) is 1.18. The Morgan fingerprint density at radius 2 is 1.65 bits per heavy atom. The van der Waals surface area contributed by atoms with Crippen LogP contribution in [0.15, 0.2) is 0 Å². The fourth-order valence-electron chi connectivity index (χ4n) is 3.04. The maximum atomic E-state index is 12.1. The Balaban J connectivity index is 2.20. The maximum Gasteiger partial charge on any atom is 0.233 e. The van der Waals surface area contributed by atoms with Gasteiger partial charge in [0.05, 0.1) is 0 Å². The summed E-state index contributed by atoms with van der Waals surface area (Å²) in [5.74, 6) is -0.428. The molecule has 0 bridgehead atoms. The minimum atomic E-state index is -0.205. The summed E-state index contributed by atoms with van der Waals surface area (Å²) in [5, 5.41) is 9.38. The second-order valence-corrected chi connectivity index (χ2v) is 5.42. The van der Waals surface area contributed by atoms with Crippen LogP contribution >= 0.6 is 0 Å². The predicted molar refractivity (Wildman–Crippen MR) is 63.0 cm³/mol. The number of hydrogen-bond acceptors (Lipinski definition) is 3. The zero-order valence-corrected chi connectivity index (χ0v) is 10.6. The van der Waals surface area contributed by atoms with E-state index in [-0.39, 0.29) is 42.2 Å². The molecule has 2 aliphatic rings. The molecule has 4 unspecified atom stereocenters. The van der Waals surface area contributed by atoms with Crippen LogP contribution in [0.1, 0.15) is 39.5 Å². The molecule has 0 aromatic heterocycles. The topological polar surface area (TPSA) is 57.6 Å². The Morgan fingerprint density at radius 3 is 2.18 bits per heavy atom. The third-order valence-electron chi connectivity index (χ3n) is 4.44. The van der Waals surface area contributed by atoms with Gasteiger partial charge in [-0.3, -0.25) is 14.5 Å². The Morgan fingerprint density at radius 1 is 1.12 bits per heavy atom. The number of aliphatic hydroxyl groups excluding tert-OH is 1. The molecular formula is C13H21NO3. The molecule has 1 saturated carbocycles. The van der Waals surface area contributed by atoms with Gasteiger partial charge in [0.15, 0.2) is 0 Å². The third kappa shape index (κ3) is 1.99. The zero-order valence-electron chi connectivity index (χ0n) is 10.6. The lowest BCUT2D eigenvalue weighted by Crippen LogP contribution is -2.47. The monoisotopic (exact) mass is 239 g/mol. The van der Waals surface area contributed by atoms with Crippen LogP contribution in [-0.2, 0) is 9.59 Å². The third-order valence-corrected chi connectivity index (χ3v) is 4.44. The van der Waals surface area contributed by atoms with Crippen molar-refractivity contribution in [2.24, 2.45) is 17.8 Å². The van der Waals surface area contributed by atoms with Crippen molar-refractivity contribution < 1.29 is 14.7 Å². The highest BCUT2D eigenvalue weighted by molar-refractivity contribution is 6.05. The second kappa shape index (κ2) is 4.77. The van der Waals surface area contributed by atoms with Crippen molar-refractivity contribution in [3.05, 3.63) is 0 Å². The van der Waals surface area contributed by atoms with Crippen LogP contribution in [0.2, 0.25) is 0 Å². The van der Waals surface area contributed by atoms with Gasteiger partial charge in [-0.15, -0.1) is 0 Å². The Hall–Kier alpha value is -0.900. The van der Waals surface area contributed by atoms with Gasteiger partial charge in [0, 0.05) is 30.4 Å². The first kappa shape index (κ1) is 12.6. The molecule has 4 nitrogen and oxygen atoms in total. The molecular weight excluding hydrogens is 218 g/mol. The molecule has 1 aliphatic carbocycles. The van der Waals surface area contributed by atoms with Crippen LogP contribution in [0.25, 0.3) is 0 Å². The van der Waals surface area contributed by atoms with Gasteiger partial charge in [0.25, 0.3) is 0 Å². The van der Waals surface area contributed by atoms with Crippen LogP contribution in [0.3, 0.4) is 0 Å². The fraction of sp³-hybridized carbons (Fsp3) is 0.846. The van der Waals surface area contributed by atoms with E-state index in [9.17, 15) is 14.7 Å². The summed E-state index contributed by atoms with van der Waals surface area (Å²) in [6.07, 6.45) is 3.90. The molecule has 0 spiro atoms. The first-order valence-corrected chi connectivity index (χ1v) is 6.55. The van der Waals surface area contributed by atoms with E-state index in [4.69, 9.17) is 0 Å². The van der Waals surface area contributed by atoms with E-state index in [1.54, 1.807) is 0 Å². The summed E-state index contributed by atoms with van der Waals surface area (Å²) in [4.78, 5) is 25.7. The molecule has 0 aromatic carbocycles. The molecule has 1 N–H and O–H groups in total. The van der Waals surface area contributed by atoms with Gasteiger partial charge in [-0.1, -0.05) is 26.7 Å². The average Bonchev–Trinajstić information content (AvgIpc) is 2.54. The van der Waals surface area contributed by atoms with Crippen molar-refractivity contribution in [3.8, 4) is 0 Å². The van der Waals surface area contributed by atoms with E-state index >= 15 is 0 Å². The van der Waals surface area contributed by atoms with Gasteiger partial charge < -0.3 is 5.11 Å². The van der Waals surface area contributed by atoms with Crippen molar-refractivity contribution in [2.45, 2.75) is 45.6 Å². The molecule has 96 valence electrons. The van der Waals surface area contributed by atoms with E-state index in [1.807, 2.05) is 13.8 Å². The van der Waals surface area contributed by atoms with E-state index < -0.39 is 0 Å². The molecule has 2 amide bonds. The summed E-state index contributed by atoms with van der Waals surface area (Å²) in [7, 11) is 0. The molecule has 2 rings (SSSR count). The van der Waals surface area contributed by atoms with E-state index in [0.717, 1.165) is 25.7 Å². The molecule has 1 heterocycles. The summed E-state index contributed by atoms with van der Waals surface area (Å²) >= 11 is 0. The molecule has 4 atom stereocenters. The average molecular weight is 239 g/mol. The van der Waals surface area contributed by atoms with Crippen molar-refractivity contribution in [1.29, 1.82) is 0 Å². The highest BCUT2D eigenvalue weighted by Gasteiger charge is 2.47. The van der Waals surface area contributed by atoms with Gasteiger partial charge in [-0.25, -0.2) is 0 Å². The summed E-state index contributed by atoms with van der Waals surface area (Å²) < 4.78 is 0. The number of imide groups is 1. The molecule has 0 radical (unpaired) electrons. The SMILES string of the molecule is CC1C(=O)N(C2CCCCC2CO)C(=O)C1C. The van der Waals surface area contributed by atoms with Gasteiger partial charge >= 0.3 is 0 Å². The van der Waals surface area contributed by atoms with E-state index in [2.05, 4.69) is 0 Å². The largest absolute Gasteiger partial charge is 0.396 e. The van der Waals surface area contributed by atoms with Crippen molar-refractivity contribution in [2.75, 3.05) is 6.61 Å². The zero-order chi connectivity index (χ0) is 12.6. The highest BCUT2D eigenvalue weighted by atomic mass is 16.3. The van der Waals surface area contributed by atoms with Crippen molar-refractivity contribution in [3.63, 3.8) is 0 Å². The molecule has 1 aliphatic heterocycles. The molecule has 1 saturated heterocycles.